The lowest BCUT2D eigenvalue weighted by atomic mass is 10.1. The van der Waals surface area contributed by atoms with Crippen LogP contribution in [0.2, 0.25) is 0 Å². The zero-order valence-corrected chi connectivity index (χ0v) is 9.54. The second-order valence-corrected chi connectivity index (χ2v) is 4.56. The van der Waals surface area contributed by atoms with Crippen molar-refractivity contribution in [3.8, 4) is 0 Å². The second-order valence-electron chi connectivity index (χ2n) is 4.56. The van der Waals surface area contributed by atoms with Gasteiger partial charge in [0.05, 0.1) is 12.2 Å². The first-order chi connectivity index (χ1) is 7.35. The molecule has 2 rings (SSSR count). The van der Waals surface area contributed by atoms with Gasteiger partial charge in [-0.15, -0.1) is 0 Å². The summed E-state index contributed by atoms with van der Waals surface area (Å²) in [5.74, 6) is 0. The molecular formula is C14H20O. The minimum Gasteiger partial charge on any atom is -0.370 e. The van der Waals surface area contributed by atoms with Gasteiger partial charge in [-0.1, -0.05) is 50.1 Å². The van der Waals surface area contributed by atoms with Crippen molar-refractivity contribution in [3.63, 3.8) is 0 Å². The Labute approximate surface area is 92.5 Å². The molecule has 0 radical (unpaired) electrons. The Balaban J connectivity index is 1.78. The predicted molar refractivity (Wildman–Crippen MR) is 62.7 cm³/mol. The number of ether oxygens (including phenoxy) is 1. The molecule has 0 heterocycles. The van der Waals surface area contributed by atoms with Crippen LogP contribution in [0, 0.1) is 0 Å². The van der Waals surface area contributed by atoms with Gasteiger partial charge in [0.15, 0.2) is 0 Å². The third-order valence-corrected chi connectivity index (χ3v) is 3.18. The summed E-state index contributed by atoms with van der Waals surface area (Å²) in [5.41, 5.74) is 1.55. The van der Waals surface area contributed by atoms with Gasteiger partial charge in [-0.2, -0.15) is 0 Å². The van der Waals surface area contributed by atoms with Gasteiger partial charge in [0.2, 0.25) is 0 Å². The topological polar surface area (TPSA) is 9.23 Å². The molecule has 1 aliphatic carbocycles. The van der Waals surface area contributed by atoms with E-state index in [1.807, 2.05) is 6.07 Å². The van der Waals surface area contributed by atoms with Crippen molar-refractivity contribution in [3.05, 3.63) is 35.9 Å². The molecule has 1 aromatic carbocycles. The Morgan fingerprint density at radius 2 is 1.93 bits per heavy atom. The van der Waals surface area contributed by atoms with Gasteiger partial charge in [0, 0.05) is 0 Å². The SMILES string of the molecule is CCCCC1(OCc2ccccc2)CC1. The molecule has 0 bridgehead atoms. The van der Waals surface area contributed by atoms with Gasteiger partial charge in [-0.05, 0) is 24.8 Å². The molecule has 0 aliphatic heterocycles. The summed E-state index contributed by atoms with van der Waals surface area (Å²) in [4.78, 5) is 0. The Hall–Kier alpha value is -0.820. The van der Waals surface area contributed by atoms with Crippen LogP contribution in [-0.2, 0) is 11.3 Å². The van der Waals surface area contributed by atoms with Crippen LogP contribution >= 0.6 is 0 Å². The third-order valence-electron chi connectivity index (χ3n) is 3.18. The number of rotatable bonds is 6. The Morgan fingerprint density at radius 1 is 1.20 bits per heavy atom. The number of unbranched alkanes of at least 4 members (excludes halogenated alkanes) is 1. The molecule has 0 N–H and O–H groups in total. The fraction of sp³-hybridized carbons (Fsp3) is 0.571. The Kier molecular flexibility index (Phi) is 3.42. The van der Waals surface area contributed by atoms with Crippen LogP contribution in [0.25, 0.3) is 0 Å². The molecule has 1 nitrogen and oxygen atoms in total. The third kappa shape index (κ3) is 3.07. The van der Waals surface area contributed by atoms with Crippen molar-refractivity contribution in [2.24, 2.45) is 0 Å². The first-order valence-electron chi connectivity index (χ1n) is 6.02. The highest BCUT2D eigenvalue weighted by Gasteiger charge is 2.42. The van der Waals surface area contributed by atoms with E-state index in [0.29, 0.717) is 0 Å². The van der Waals surface area contributed by atoms with Crippen molar-refractivity contribution in [1.82, 2.24) is 0 Å². The summed E-state index contributed by atoms with van der Waals surface area (Å²) in [7, 11) is 0. The summed E-state index contributed by atoms with van der Waals surface area (Å²) in [5, 5.41) is 0. The molecule has 1 heteroatoms. The average molecular weight is 204 g/mol. The zero-order valence-electron chi connectivity index (χ0n) is 9.54. The van der Waals surface area contributed by atoms with Crippen LogP contribution in [0.1, 0.15) is 44.6 Å². The van der Waals surface area contributed by atoms with E-state index in [1.165, 1.54) is 37.7 Å². The molecule has 0 saturated heterocycles. The average Bonchev–Trinajstić information content (AvgIpc) is 3.06. The van der Waals surface area contributed by atoms with E-state index in [2.05, 4.69) is 31.2 Å². The maximum atomic E-state index is 6.03. The maximum absolute atomic E-state index is 6.03. The number of benzene rings is 1. The summed E-state index contributed by atoms with van der Waals surface area (Å²) < 4.78 is 6.03. The predicted octanol–water partition coefficient (Wildman–Crippen LogP) is 3.93. The van der Waals surface area contributed by atoms with Crippen LogP contribution in [0.3, 0.4) is 0 Å². The monoisotopic (exact) mass is 204 g/mol. The van der Waals surface area contributed by atoms with Crippen LogP contribution in [0.5, 0.6) is 0 Å². The van der Waals surface area contributed by atoms with Crippen molar-refractivity contribution in [2.45, 2.75) is 51.2 Å². The lowest BCUT2D eigenvalue weighted by Gasteiger charge is -2.16. The highest BCUT2D eigenvalue weighted by molar-refractivity contribution is 5.14. The van der Waals surface area contributed by atoms with Gasteiger partial charge in [-0.25, -0.2) is 0 Å². The summed E-state index contributed by atoms with van der Waals surface area (Å²) >= 11 is 0. The normalized spacial score (nSPS) is 17.7. The fourth-order valence-electron chi connectivity index (χ4n) is 1.92. The van der Waals surface area contributed by atoms with E-state index in [1.54, 1.807) is 0 Å². The molecule has 0 atom stereocenters. The molecule has 0 unspecified atom stereocenters. The standard InChI is InChI=1S/C14H20O/c1-2-3-9-14(10-11-14)15-12-13-7-5-4-6-8-13/h4-8H,2-3,9-12H2,1H3. The van der Waals surface area contributed by atoms with E-state index in [9.17, 15) is 0 Å². The molecule has 1 saturated carbocycles. The van der Waals surface area contributed by atoms with E-state index >= 15 is 0 Å². The quantitative estimate of drug-likeness (QED) is 0.682. The van der Waals surface area contributed by atoms with Crippen LogP contribution in [-0.4, -0.2) is 5.60 Å². The second kappa shape index (κ2) is 4.80. The van der Waals surface area contributed by atoms with Crippen LogP contribution in [0.4, 0.5) is 0 Å². The summed E-state index contributed by atoms with van der Waals surface area (Å²) in [6.45, 7) is 3.03. The van der Waals surface area contributed by atoms with Gasteiger partial charge in [0.1, 0.15) is 0 Å². The van der Waals surface area contributed by atoms with Crippen LogP contribution in [0.15, 0.2) is 30.3 Å². The lowest BCUT2D eigenvalue weighted by Crippen LogP contribution is -2.13. The van der Waals surface area contributed by atoms with E-state index < -0.39 is 0 Å². The largest absolute Gasteiger partial charge is 0.370 e. The molecule has 1 aliphatic rings. The van der Waals surface area contributed by atoms with Gasteiger partial charge < -0.3 is 4.74 Å². The van der Waals surface area contributed by atoms with Crippen molar-refractivity contribution in [1.29, 1.82) is 0 Å². The molecule has 0 spiro atoms. The van der Waals surface area contributed by atoms with Crippen molar-refractivity contribution < 1.29 is 4.74 Å². The molecule has 15 heavy (non-hydrogen) atoms. The summed E-state index contributed by atoms with van der Waals surface area (Å²) in [6, 6.07) is 10.5. The fourth-order valence-corrected chi connectivity index (χ4v) is 1.92. The molecule has 0 amide bonds. The maximum Gasteiger partial charge on any atom is 0.0724 e. The van der Waals surface area contributed by atoms with Crippen molar-refractivity contribution >= 4 is 0 Å². The minimum absolute atomic E-state index is 0.256. The van der Waals surface area contributed by atoms with E-state index in [4.69, 9.17) is 4.74 Å². The van der Waals surface area contributed by atoms with E-state index in [0.717, 1.165) is 6.61 Å². The van der Waals surface area contributed by atoms with Gasteiger partial charge in [-0.3, -0.25) is 0 Å². The Morgan fingerprint density at radius 3 is 2.53 bits per heavy atom. The lowest BCUT2D eigenvalue weighted by molar-refractivity contribution is 0.0129. The highest BCUT2D eigenvalue weighted by Crippen LogP contribution is 2.44. The first-order valence-corrected chi connectivity index (χ1v) is 6.02. The van der Waals surface area contributed by atoms with Crippen LogP contribution < -0.4 is 0 Å². The molecule has 1 aromatic rings. The first kappa shape index (κ1) is 10.7. The van der Waals surface area contributed by atoms with Crippen molar-refractivity contribution in [2.75, 3.05) is 0 Å². The van der Waals surface area contributed by atoms with Gasteiger partial charge >= 0.3 is 0 Å². The van der Waals surface area contributed by atoms with Gasteiger partial charge in [0.25, 0.3) is 0 Å². The highest BCUT2D eigenvalue weighted by atomic mass is 16.5. The minimum atomic E-state index is 0.256. The summed E-state index contributed by atoms with van der Waals surface area (Å²) in [6.07, 6.45) is 6.35. The number of hydrogen-bond donors (Lipinski definition) is 0. The number of hydrogen-bond acceptors (Lipinski definition) is 1. The molecular weight excluding hydrogens is 184 g/mol. The zero-order chi connectivity index (χ0) is 10.6. The molecule has 82 valence electrons. The van der Waals surface area contributed by atoms with E-state index in [-0.39, 0.29) is 5.60 Å². The molecule has 0 aromatic heterocycles. The Bertz CT molecular complexity index is 287. The smallest absolute Gasteiger partial charge is 0.0724 e. The molecule has 1 fully saturated rings.